The summed E-state index contributed by atoms with van der Waals surface area (Å²) in [6, 6.07) is 3.95. The summed E-state index contributed by atoms with van der Waals surface area (Å²) in [4.78, 5) is 21.5. The van der Waals surface area contributed by atoms with Crippen molar-refractivity contribution in [3.05, 3.63) is 52.9 Å². The number of aliphatic imine (C=N–C) groups is 1. The number of hydrogen-bond donors (Lipinski definition) is 2. The van der Waals surface area contributed by atoms with Crippen LogP contribution in [-0.4, -0.2) is 41.1 Å². The van der Waals surface area contributed by atoms with Gasteiger partial charge in [0.2, 0.25) is 0 Å². The van der Waals surface area contributed by atoms with Gasteiger partial charge in [0.1, 0.15) is 18.1 Å². The molecule has 1 aliphatic heterocycles. The van der Waals surface area contributed by atoms with Crippen LogP contribution < -0.4 is 15.8 Å². The Labute approximate surface area is 200 Å². The average molecular weight is 487 g/mol. The summed E-state index contributed by atoms with van der Waals surface area (Å²) in [5.74, 6) is -0.0269. The van der Waals surface area contributed by atoms with Crippen LogP contribution in [0.1, 0.15) is 35.0 Å². The van der Waals surface area contributed by atoms with Crippen LogP contribution in [0.3, 0.4) is 0 Å². The van der Waals surface area contributed by atoms with Gasteiger partial charge in [-0.1, -0.05) is 17.7 Å². The number of nitrogens with two attached hydrogens (primary N) is 1. The third kappa shape index (κ3) is 4.21. The van der Waals surface area contributed by atoms with Crippen molar-refractivity contribution in [3.8, 4) is 18.1 Å². The summed E-state index contributed by atoms with van der Waals surface area (Å²) in [6.45, 7) is 3.90. The molecule has 1 amide bonds. The van der Waals surface area contributed by atoms with Crippen LogP contribution in [0.15, 0.2) is 29.4 Å². The molecule has 1 aromatic heterocycles. The normalized spacial score (nSPS) is 25.1. The number of benzene rings is 1. The van der Waals surface area contributed by atoms with Crippen LogP contribution in [0.25, 0.3) is 0 Å². The highest BCUT2D eigenvalue weighted by molar-refractivity contribution is 8.15. The Balaban J connectivity index is 1.64. The Morgan fingerprint density at radius 2 is 2.18 bits per heavy atom. The van der Waals surface area contributed by atoms with E-state index < -0.39 is 23.1 Å². The van der Waals surface area contributed by atoms with E-state index in [-0.39, 0.29) is 39.4 Å². The molecule has 178 valence electrons. The summed E-state index contributed by atoms with van der Waals surface area (Å²) in [6.07, 6.45) is 7.25. The second-order valence-corrected chi connectivity index (χ2v) is 9.99. The Morgan fingerprint density at radius 1 is 1.41 bits per heavy atom. The molecule has 10 heteroatoms. The quantitative estimate of drug-likeness (QED) is 0.580. The zero-order chi connectivity index (χ0) is 24.7. The van der Waals surface area contributed by atoms with E-state index >= 15 is 4.39 Å². The second kappa shape index (κ2) is 8.89. The van der Waals surface area contributed by atoms with Crippen molar-refractivity contribution in [1.82, 2.24) is 4.98 Å². The van der Waals surface area contributed by atoms with E-state index in [0.29, 0.717) is 24.3 Å². The Kier molecular flexibility index (Phi) is 6.27. The number of ether oxygens (including phenoxy) is 2. The minimum atomic E-state index is -1.11. The first kappa shape index (κ1) is 24.0. The SMILES string of the molecule is C#CCOc1cnc(C(=O)Nc2cc(F)c(F)c([C@@]3(C)N=C(N)S[C@@]4(COC)C[C@H]43)c2)c(C)c1. The predicted molar refractivity (Wildman–Crippen MR) is 127 cm³/mol. The molecule has 1 aliphatic carbocycles. The molecule has 1 aromatic carbocycles. The highest BCUT2D eigenvalue weighted by Gasteiger charge is 2.66. The number of amidine groups is 1. The van der Waals surface area contributed by atoms with E-state index in [1.165, 1.54) is 24.0 Å². The van der Waals surface area contributed by atoms with Gasteiger partial charge in [0.15, 0.2) is 16.8 Å². The first-order chi connectivity index (χ1) is 16.1. The number of carbonyl (C=O) groups is 1. The highest BCUT2D eigenvalue weighted by atomic mass is 32.2. The highest BCUT2D eigenvalue weighted by Crippen LogP contribution is 2.66. The third-order valence-electron chi connectivity index (χ3n) is 6.16. The van der Waals surface area contributed by atoms with Gasteiger partial charge in [-0.25, -0.2) is 13.8 Å². The fourth-order valence-electron chi connectivity index (χ4n) is 4.54. The molecule has 0 saturated heterocycles. The molecule has 2 aromatic rings. The van der Waals surface area contributed by atoms with Gasteiger partial charge in [-0.05, 0) is 38.0 Å². The number of aryl methyl sites for hydroxylation is 1. The van der Waals surface area contributed by atoms with Crippen molar-refractivity contribution in [2.45, 2.75) is 30.6 Å². The largest absolute Gasteiger partial charge is 0.479 e. The number of methoxy groups -OCH3 is 1. The minimum absolute atomic E-state index is 0.0248. The number of nitrogens with zero attached hydrogens (tertiary/aromatic N) is 2. The molecule has 1 fully saturated rings. The van der Waals surface area contributed by atoms with Crippen molar-refractivity contribution in [1.29, 1.82) is 0 Å². The lowest BCUT2D eigenvalue weighted by molar-refractivity contribution is 0.102. The van der Waals surface area contributed by atoms with E-state index in [1.807, 2.05) is 0 Å². The number of nitrogens with one attached hydrogen (secondary N) is 1. The molecule has 0 bridgehead atoms. The van der Waals surface area contributed by atoms with Gasteiger partial charge >= 0.3 is 0 Å². The number of pyridine rings is 1. The van der Waals surface area contributed by atoms with E-state index in [0.717, 1.165) is 6.07 Å². The van der Waals surface area contributed by atoms with Gasteiger partial charge < -0.3 is 20.5 Å². The molecule has 0 radical (unpaired) electrons. The molecule has 34 heavy (non-hydrogen) atoms. The van der Waals surface area contributed by atoms with Crippen molar-refractivity contribution in [2.75, 3.05) is 25.6 Å². The lowest BCUT2D eigenvalue weighted by atomic mass is 9.85. The lowest BCUT2D eigenvalue weighted by Crippen LogP contribution is -2.38. The molecule has 1 saturated carbocycles. The van der Waals surface area contributed by atoms with Gasteiger partial charge in [0.25, 0.3) is 5.91 Å². The molecule has 7 nitrogen and oxygen atoms in total. The average Bonchev–Trinajstić information content (AvgIpc) is 3.49. The number of fused-ring (bicyclic) bond motifs is 1. The molecule has 4 rings (SSSR count). The number of halogens is 2. The van der Waals surface area contributed by atoms with Gasteiger partial charge in [-0.3, -0.25) is 9.79 Å². The topological polar surface area (TPSA) is 98.8 Å². The molecule has 2 heterocycles. The standard InChI is InChI=1S/C24H24F2N4O3S/c1-5-6-33-15-7-13(2)20(28-11-15)21(31)29-14-8-16(19(26)17(25)9-14)23(3)18-10-24(18,12-32-4)34-22(27)30-23/h1,7-9,11,18H,6,10,12H2,2-4H3,(H2,27,30)(H,29,31)/t18-,23+,24+/m0/s1. The Bertz CT molecular complexity index is 1230. The molecule has 0 spiro atoms. The number of anilines is 1. The monoisotopic (exact) mass is 486 g/mol. The van der Waals surface area contributed by atoms with Crippen LogP contribution >= 0.6 is 11.8 Å². The summed E-state index contributed by atoms with van der Waals surface area (Å²) in [7, 11) is 1.59. The maximum Gasteiger partial charge on any atom is 0.274 e. The van der Waals surface area contributed by atoms with E-state index in [2.05, 4.69) is 21.2 Å². The van der Waals surface area contributed by atoms with Gasteiger partial charge in [0.05, 0.1) is 23.1 Å². The summed E-state index contributed by atoms with van der Waals surface area (Å²) >= 11 is 1.40. The predicted octanol–water partition coefficient (Wildman–Crippen LogP) is 3.61. The molecule has 0 unspecified atom stereocenters. The molecular formula is C24H24F2N4O3S. The lowest BCUT2D eigenvalue weighted by Gasteiger charge is -2.34. The zero-order valence-electron chi connectivity index (χ0n) is 18.9. The number of amides is 1. The molecule has 2 aliphatic rings. The number of rotatable bonds is 7. The number of terminal acetylenes is 1. The van der Waals surface area contributed by atoms with Crippen LogP contribution in [0.5, 0.6) is 5.75 Å². The first-order valence-electron chi connectivity index (χ1n) is 10.5. The second-order valence-electron chi connectivity index (χ2n) is 8.56. The molecular weight excluding hydrogens is 462 g/mol. The molecule has 3 N–H and O–H groups in total. The van der Waals surface area contributed by atoms with Crippen LogP contribution in [0.4, 0.5) is 14.5 Å². The van der Waals surface area contributed by atoms with Crippen molar-refractivity contribution < 1.29 is 23.0 Å². The zero-order valence-corrected chi connectivity index (χ0v) is 19.8. The Morgan fingerprint density at radius 3 is 2.85 bits per heavy atom. The maximum absolute atomic E-state index is 15.0. The van der Waals surface area contributed by atoms with Gasteiger partial charge in [0, 0.05) is 30.3 Å². The first-order valence-corrected chi connectivity index (χ1v) is 11.3. The number of thioether (sulfide) groups is 1. The Hall–Kier alpha value is -3.16. The smallest absolute Gasteiger partial charge is 0.274 e. The van der Waals surface area contributed by atoms with Crippen LogP contribution in [0.2, 0.25) is 0 Å². The van der Waals surface area contributed by atoms with Crippen LogP contribution in [-0.2, 0) is 10.3 Å². The maximum atomic E-state index is 15.0. The van der Waals surface area contributed by atoms with Gasteiger partial charge in [-0.2, -0.15) is 0 Å². The van der Waals surface area contributed by atoms with Crippen LogP contribution in [0, 0.1) is 36.8 Å². The van der Waals surface area contributed by atoms with E-state index in [1.54, 1.807) is 27.0 Å². The minimum Gasteiger partial charge on any atom is -0.479 e. The summed E-state index contributed by atoms with van der Waals surface area (Å²) in [5, 5.41) is 2.90. The fraction of sp³-hybridized carbons (Fsp3) is 0.375. The number of carbonyl (C=O) groups excluding carboxylic acids is 1. The van der Waals surface area contributed by atoms with Crippen molar-refractivity contribution in [2.24, 2.45) is 16.6 Å². The fourth-order valence-corrected chi connectivity index (χ4v) is 5.99. The third-order valence-corrected chi connectivity index (χ3v) is 7.44. The summed E-state index contributed by atoms with van der Waals surface area (Å²) < 4.78 is 40.0. The number of hydrogen-bond acceptors (Lipinski definition) is 7. The summed E-state index contributed by atoms with van der Waals surface area (Å²) in [5.41, 5.74) is 5.71. The van der Waals surface area contributed by atoms with Crippen molar-refractivity contribution in [3.63, 3.8) is 0 Å². The van der Waals surface area contributed by atoms with Gasteiger partial charge in [-0.15, -0.1) is 6.42 Å². The van der Waals surface area contributed by atoms with E-state index in [4.69, 9.17) is 21.6 Å². The number of aromatic nitrogens is 1. The van der Waals surface area contributed by atoms with E-state index in [9.17, 15) is 9.18 Å². The molecule has 3 atom stereocenters. The van der Waals surface area contributed by atoms with Crippen molar-refractivity contribution >= 4 is 28.5 Å².